The zero-order valence-electron chi connectivity index (χ0n) is 17.8. The second-order valence-corrected chi connectivity index (χ2v) is 8.09. The van der Waals surface area contributed by atoms with Crippen LogP contribution in [0.25, 0.3) is 5.82 Å². The van der Waals surface area contributed by atoms with Gasteiger partial charge in [-0.1, -0.05) is 11.6 Å². The predicted octanol–water partition coefficient (Wildman–Crippen LogP) is 4.73. The van der Waals surface area contributed by atoms with Crippen LogP contribution >= 0.6 is 11.6 Å². The molecule has 1 amide bonds. The van der Waals surface area contributed by atoms with Gasteiger partial charge >= 0.3 is 6.18 Å². The second kappa shape index (κ2) is 8.61. The van der Waals surface area contributed by atoms with Gasteiger partial charge in [0, 0.05) is 18.3 Å². The lowest BCUT2D eigenvalue weighted by molar-refractivity contribution is -0.189. The molecule has 0 N–H and O–H groups in total. The molecule has 34 heavy (non-hydrogen) atoms. The van der Waals surface area contributed by atoms with Crippen LogP contribution in [-0.2, 0) is 13.1 Å². The maximum Gasteiger partial charge on any atom is 0.425 e. The van der Waals surface area contributed by atoms with E-state index in [-0.39, 0.29) is 35.0 Å². The summed E-state index contributed by atoms with van der Waals surface area (Å²) in [6.07, 6.45) is -4.14. The Morgan fingerprint density at radius 3 is 2.68 bits per heavy atom. The number of halogens is 5. The minimum atomic E-state index is -4.67. The molecule has 3 aromatic rings. The first-order chi connectivity index (χ1) is 16.0. The zero-order chi connectivity index (χ0) is 24.8. The molecule has 0 fully saturated rings. The van der Waals surface area contributed by atoms with Gasteiger partial charge in [0.05, 0.1) is 29.0 Å². The van der Waals surface area contributed by atoms with Gasteiger partial charge < -0.3 is 9.64 Å². The van der Waals surface area contributed by atoms with Crippen molar-refractivity contribution in [2.75, 3.05) is 0 Å². The number of pyridine rings is 1. The number of aryl methyl sites for hydroxylation is 1. The standard InChI is InChI=1S/C22H16ClF4N5O2/c1-11-5-18(29-7-15(11)24)32-9-14-8-31(10-16(14)30-32)21(33)19-17(34-12(2)22(25,26)27)4-3-13(6-28)20(19)23/h3-5,7,9,12H,8,10H2,1-2H3/t12-/m0/s1. The van der Waals surface area contributed by atoms with E-state index in [1.165, 1.54) is 21.7 Å². The number of carbonyl (C=O) groups excluding carboxylic acids is 1. The number of nitrogens with zero attached hydrogens (tertiary/aromatic N) is 5. The summed E-state index contributed by atoms with van der Waals surface area (Å²) >= 11 is 6.21. The highest BCUT2D eigenvalue weighted by atomic mass is 35.5. The van der Waals surface area contributed by atoms with Crippen LogP contribution in [0.15, 0.2) is 30.6 Å². The molecule has 1 aliphatic rings. The summed E-state index contributed by atoms with van der Waals surface area (Å²) < 4.78 is 59.1. The molecule has 0 saturated carbocycles. The number of ether oxygens (including phenoxy) is 1. The Balaban J connectivity index is 1.62. The first-order valence-electron chi connectivity index (χ1n) is 9.94. The van der Waals surface area contributed by atoms with Crippen molar-refractivity contribution in [1.29, 1.82) is 5.26 Å². The van der Waals surface area contributed by atoms with Gasteiger partial charge in [-0.2, -0.15) is 23.5 Å². The van der Waals surface area contributed by atoms with Crippen LogP contribution < -0.4 is 4.74 Å². The van der Waals surface area contributed by atoms with Crippen molar-refractivity contribution in [3.05, 3.63) is 69.4 Å². The van der Waals surface area contributed by atoms with Crippen LogP contribution in [0.1, 0.15) is 39.7 Å². The fraction of sp³-hybridized carbons (Fsp3) is 0.273. The predicted molar refractivity (Wildman–Crippen MR) is 112 cm³/mol. The highest BCUT2D eigenvalue weighted by molar-refractivity contribution is 6.35. The maximum absolute atomic E-state index is 13.5. The lowest BCUT2D eigenvalue weighted by Gasteiger charge is -2.23. The molecule has 1 atom stereocenters. The average molecular weight is 494 g/mol. The third kappa shape index (κ3) is 4.28. The molecule has 0 unspecified atom stereocenters. The summed E-state index contributed by atoms with van der Waals surface area (Å²) in [6.45, 7) is 2.54. The minimum Gasteiger partial charge on any atom is -0.480 e. The molecule has 12 heteroatoms. The normalized spacial score (nSPS) is 14.0. The van der Waals surface area contributed by atoms with Gasteiger partial charge in [-0.3, -0.25) is 4.79 Å². The van der Waals surface area contributed by atoms with Crippen molar-refractivity contribution < 1.29 is 27.1 Å². The van der Waals surface area contributed by atoms with E-state index >= 15 is 0 Å². The molecule has 176 valence electrons. The number of hydrogen-bond donors (Lipinski definition) is 0. The largest absolute Gasteiger partial charge is 0.480 e. The van der Waals surface area contributed by atoms with E-state index in [1.807, 2.05) is 6.07 Å². The number of nitriles is 1. The second-order valence-electron chi connectivity index (χ2n) is 7.71. The molecule has 3 heterocycles. The summed E-state index contributed by atoms with van der Waals surface area (Å²) in [5.41, 5.74) is 1.21. The zero-order valence-corrected chi connectivity index (χ0v) is 18.6. The van der Waals surface area contributed by atoms with Crippen LogP contribution in [-0.4, -0.2) is 37.9 Å². The Morgan fingerprint density at radius 1 is 1.32 bits per heavy atom. The van der Waals surface area contributed by atoms with E-state index in [2.05, 4.69) is 10.1 Å². The highest BCUT2D eigenvalue weighted by Gasteiger charge is 2.39. The van der Waals surface area contributed by atoms with Crippen molar-refractivity contribution in [2.45, 2.75) is 39.2 Å². The molecule has 0 radical (unpaired) electrons. The van der Waals surface area contributed by atoms with Crippen LogP contribution in [0.3, 0.4) is 0 Å². The molecule has 0 aliphatic carbocycles. The van der Waals surface area contributed by atoms with Crippen molar-refractivity contribution in [1.82, 2.24) is 19.7 Å². The number of benzene rings is 1. The molecule has 0 saturated heterocycles. The van der Waals surface area contributed by atoms with Gasteiger partial charge in [-0.05, 0) is 37.6 Å². The van der Waals surface area contributed by atoms with Crippen molar-refractivity contribution in [3.63, 3.8) is 0 Å². The van der Waals surface area contributed by atoms with Gasteiger partial charge in [-0.25, -0.2) is 14.1 Å². The van der Waals surface area contributed by atoms with Crippen LogP contribution in [0.2, 0.25) is 5.02 Å². The monoisotopic (exact) mass is 493 g/mol. The number of alkyl halides is 3. The quantitative estimate of drug-likeness (QED) is 0.491. The molecule has 7 nitrogen and oxygen atoms in total. The first kappa shape index (κ1) is 23.5. The summed E-state index contributed by atoms with van der Waals surface area (Å²) in [4.78, 5) is 18.6. The Morgan fingerprint density at radius 2 is 2.06 bits per heavy atom. The minimum absolute atomic E-state index is 0.0444. The highest BCUT2D eigenvalue weighted by Crippen LogP contribution is 2.36. The van der Waals surface area contributed by atoms with E-state index in [0.29, 0.717) is 22.6 Å². The summed E-state index contributed by atoms with van der Waals surface area (Å²) in [5.74, 6) is -1.13. The number of rotatable bonds is 4. The number of aromatic nitrogens is 3. The van der Waals surface area contributed by atoms with Gasteiger partial charge in [-0.15, -0.1) is 0 Å². The van der Waals surface area contributed by atoms with E-state index in [9.17, 15) is 27.6 Å². The smallest absolute Gasteiger partial charge is 0.425 e. The van der Waals surface area contributed by atoms with Crippen molar-refractivity contribution >= 4 is 17.5 Å². The summed E-state index contributed by atoms with van der Waals surface area (Å²) in [7, 11) is 0. The fourth-order valence-corrected chi connectivity index (χ4v) is 3.70. The lowest BCUT2D eigenvalue weighted by atomic mass is 10.1. The fourth-order valence-electron chi connectivity index (χ4n) is 3.42. The molecule has 0 spiro atoms. The molecule has 1 aromatic carbocycles. The summed E-state index contributed by atoms with van der Waals surface area (Å²) in [5, 5.41) is 13.4. The Bertz CT molecular complexity index is 1310. The van der Waals surface area contributed by atoms with Gasteiger partial charge in [0.25, 0.3) is 5.91 Å². The average Bonchev–Trinajstić information content (AvgIpc) is 3.34. The third-order valence-electron chi connectivity index (χ3n) is 5.34. The molecular weight excluding hydrogens is 478 g/mol. The van der Waals surface area contributed by atoms with Crippen LogP contribution in [0, 0.1) is 24.1 Å². The Kier molecular flexibility index (Phi) is 5.95. The third-order valence-corrected chi connectivity index (χ3v) is 5.73. The number of carbonyl (C=O) groups is 1. The van der Waals surface area contributed by atoms with E-state index in [1.54, 1.807) is 13.1 Å². The molecule has 1 aliphatic heterocycles. The SMILES string of the molecule is Cc1cc(-n2cc3c(n2)CN(C(=O)c2c(O[C@@H](C)C(F)(F)F)ccc(C#N)c2Cl)C3)ncc1F. The molecular formula is C22H16ClF4N5O2. The summed E-state index contributed by atoms with van der Waals surface area (Å²) in [6, 6.07) is 5.65. The Labute approximate surface area is 196 Å². The van der Waals surface area contributed by atoms with Crippen LogP contribution in [0.4, 0.5) is 17.6 Å². The first-order valence-corrected chi connectivity index (χ1v) is 10.3. The van der Waals surface area contributed by atoms with Gasteiger partial charge in [0.15, 0.2) is 11.9 Å². The van der Waals surface area contributed by atoms with E-state index < -0.39 is 24.0 Å². The van der Waals surface area contributed by atoms with E-state index in [4.69, 9.17) is 16.3 Å². The number of hydrogen-bond acceptors (Lipinski definition) is 5. The molecule has 4 rings (SSSR count). The Hall–Kier alpha value is -3.65. The molecule has 2 aromatic heterocycles. The van der Waals surface area contributed by atoms with Crippen molar-refractivity contribution in [2.24, 2.45) is 0 Å². The van der Waals surface area contributed by atoms with Crippen LogP contribution in [0.5, 0.6) is 5.75 Å². The lowest BCUT2D eigenvalue weighted by Crippen LogP contribution is -2.33. The molecule has 0 bridgehead atoms. The number of amides is 1. The van der Waals surface area contributed by atoms with E-state index in [0.717, 1.165) is 19.2 Å². The van der Waals surface area contributed by atoms with Gasteiger partial charge in [0.2, 0.25) is 0 Å². The topological polar surface area (TPSA) is 84.0 Å². The number of fused-ring (bicyclic) bond motifs is 1. The van der Waals surface area contributed by atoms with Gasteiger partial charge in [0.1, 0.15) is 23.2 Å². The maximum atomic E-state index is 13.5. The van der Waals surface area contributed by atoms with Crippen molar-refractivity contribution in [3.8, 4) is 17.6 Å².